The number of nitrogens with one attached hydrogen (secondary N) is 1. The molecular weight excluding hydrogens is 367 g/mol. The number of fused-ring (bicyclic) bond motifs is 1. The van der Waals surface area contributed by atoms with Gasteiger partial charge in [-0.05, 0) is 49.2 Å². The first-order valence-corrected chi connectivity index (χ1v) is 9.86. The van der Waals surface area contributed by atoms with Gasteiger partial charge in [0.1, 0.15) is 11.9 Å². The zero-order chi connectivity index (χ0) is 21.0. The predicted octanol–water partition coefficient (Wildman–Crippen LogP) is 5.14. The molecule has 0 atom stereocenters. The molecular formula is C23H25FN4O. The Balaban J connectivity index is 0.00000117. The van der Waals surface area contributed by atoms with Crippen molar-refractivity contribution in [2.45, 2.75) is 32.6 Å². The van der Waals surface area contributed by atoms with Gasteiger partial charge in [-0.2, -0.15) is 5.26 Å². The van der Waals surface area contributed by atoms with Gasteiger partial charge in [0.05, 0.1) is 11.1 Å². The SMILES string of the molecule is CC.N#Cc1c(C2CCOCC2)n(-c2ccc(F)cc2)c2cc(C=N)c(N)cc12. The van der Waals surface area contributed by atoms with Crippen molar-refractivity contribution in [2.75, 3.05) is 18.9 Å². The van der Waals surface area contributed by atoms with Crippen molar-refractivity contribution in [3.05, 3.63) is 59.0 Å². The van der Waals surface area contributed by atoms with Crippen LogP contribution in [-0.2, 0) is 4.74 Å². The van der Waals surface area contributed by atoms with E-state index in [-0.39, 0.29) is 11.7 Å². The molecule has 6 heteroatoms. The number of ether oxygens (including phenoxy) is 1. The van der Waals surface area contributed by atoms with Crippen LogP contribution in [0.3, 0.4) is 0 Å². The lowest BCUT2D eigenvalue weighted by atomic mass is 9.93. The van der Waals surface area contributed by atoms with Crippen molar-refractivity contribution in [1.82, 2.24) is 4.57 Å². The monoisotopic (exact) mass is 392 g/mol. The lowest BCUT2D eigenvalue weighted by Crippen LogP contribution is -2.17. The van der Waals surface area contributed by atoms with Crippen molar-refractivity contribution in [3.63, 3.8) is 0 Å². The summed E-state index contributed by atoms with van der Waals surface area (Å²) < 4.78 is 21.0. The van der Waals surface area contributed by atoms with Gasteiger partial charge in [-0.15, -0.1) is 0 Å². The number of rotatable bonds is 3. The van der Waals surface area contributed by atoms with Crippen LogP contribution in [0.1, 0.15) is 49.4 Å². The van der Waals surface area contributed by atoms with Crippen LogP contribution in [0.25, 0.3) is 16.6 Å². The molecule has 0 saturated carbocycles. The molecule has 3 aromatic rings. The van der Waals surface area contributed by atoms with Gasteiger partial charge in [0.2, 0.25) is 0 Å². The van der Waals surface area contributed by atoms with Gasteiger partial charge in [0, 0.05) is 53.4 Å². The van der Waals surface area contributed by atoms with Crippen molar-refractivity contribution in [3.8, 4) is 11.8 Å². The minimum atomic E-state index is -0.312. The highest BCUT2D eigenvalue weighted by molar-refractivity contribution is 5.98. The second-order valence-corrected chi connectivity index (χ2v) is 6.71. The Morgan fingerprint density at radius 2 is 1.86 bits per heavy atom. The molecule has 1 aliphatic rings. The lowest BCUT2D eigenvalue weighted by Gasteiger charge is -2.24. The molecule has 29 heavy (non-hydrogen) atoms. The Bertz CT molecular complexity index is 1060. The van der Waals surface area contributed by atoms with Crippen LogP contribution in [0.4, 0.5) is 10.1 Å². The Hall–Kier alpha value is -3.17. The fourth-order valence-electron chi connectivity index (χ4n) is 3.85. The van der Waals surface area contributed by atoms with Crippen molar-refractivity contribution < 1.29 is 9.13 Å². The molecule has 4 rings (SSSR count). The molecule has 1 saturated heterocycles. The van der Waals surface area contributed by atoms with Gasteiger partial charge >= 0.3 is 0 Å². The van der Waals surface area contributed by atoms with E-state index in [1.807, 2.05) is 24.5 Å². The molecule has 0 amide bonds. The molecule has 150 valence electrons. The molecule has 5 nitrogen and oxygen atoms in total. The number of aromatic nitrogens is 1. The molecule has 0 unspecified atom stereocenters. The maximum Gasteiger partial charge on any atom is 0.123 e. The fraction of sp³-hybridized carbons (Fsp3) is 0.304. The zero-order valence-corrected chi connectivity index (χ0v) is 16.7. The average Bonchev–Trinajstić information content (AvgIpc) is 3.08. The maximum atomic E-state index is 13.5. The summed E-state index contributed by atoms with van der Waals surface area (Å²) in [6.07, 6.45) is 2.84. The molecule has 0 bridgehead atoms. The first-order chi connectivity index (χ1) is 14.1. The largest absolute Gasteiger partial charge is 0.398 e. The third-order valence-corrected chi connectivity index (χ3v) is 5.17. The van der Waals surface area contributed by atoms with E-state index in [1.54, 1.807) is 18.2 Å². The van der Waals surface area contributed by atoms with Crippen LogP contribution in [0.15, 0.2) is 36.4 Å². The van der Waals surface area contributed by atoms with Gasteiger partial charge in [-0.25, -0.2) is 4.39 Å². The van der Waals surface area contributed by atoms with Gasteiger partial charge in [-0.1, -0.05) is 13.8 Å². The van der Waals surface area contributed by atoms with Crippen LogP contribution in [0.2, 0.25) is 0 Å². The first kappa shape index (κ1) is 20.6. The van der Waals surface area contributed by atoms with E-state index in [0.717, 1.165) is 35.1 Å². The van der Waals surface area contributed by atoms with Crippen LogP contribution >= 0.6 is 0 Å². The summed E-state index contributed by atoms with van der Waals surface area (Å²) in [6.45, 7) is 5.29. The second kappa shape index (κ2) is 8.89. The topological polar surface area (TPSA) is 87.8 Å². The molecule has 1 aliphatic heterocycles. The molecule has 2 heterocycles. The van der Waals surface area contributed by atoms with E-state index in [4.69, 9.17) is 15.9 Å². The second-order valence-electron chi connectivity index (χ2n) is 6.71. The molecule has 0 aliphatic carbocycles. The Kier molecular flexibility index (Phi) is 6.30. The van der Waals surface area contributed by atoms with Gasteiger partial charge in [0.25, 0.3) is 0 Å². The number of nitriles is 1. The summed E-state index contributed by atoms with van der Waals surface area (Å²) in [5, 5.41) is 18.3. The van der Waals surface area contributed by atoms with Gasteiger partial charge < -0.3 is 20.4 Å². The average molecular weight is 392 g/mol. The normalized spacial score (nSPS) is 14.1. The smallest absolute Gasteiger partial charge is 0.123 e. The molecule has 1 fully saturated rings. The zero-order valence-electron chi connectivity index (χ0n) is 16.7. The summed E-state index contributed by atoms with van der Waals surface area (Å²) in [7, 11) is 0. The summed E-state index contributed by atoms with van der Waals surface area (Å²) >= 11 is 0. The highest BCUT2D eigenvalue weighted by atomic mass is 19.1. The van der Waals surface area contributed by atoms with Crippen LogP contribution in [0.5, 0.6) is 0 Å². The third-order valence-electron chi connectivity index (χ3n) is 5.17. The molecule has 0 spiro atoms. The number of hydrogen-bond donors (Lipinski definition) is 2. The highest BCUT2D eigenvalue weighted by Crippen LogP contribution is 2.39. The number of nitrogens with zero attached hydrogens (tertiary/aromatic N) is 2. The summed E-state index contributed by atoms with van der Waals surface area (Å²) in [5.74, 6) is -0.150. The number of nitrogens with two attached hydrogens (primary N) is 1. The van der Waals surface area contributed by atoms with E-state index in [1.165, 1.54) is 18.3 Å². The first-order valence-electron chi connectivity index (χ1n) is 9.86. The number of nitrogen functional groups attached to an aromatic ring is 1. The minimum Gasteiger partial charge on any atom is -0.398 e. The van der Waals surface area contributed by atoms with Crippen LogP contribution in [-0.4, -0.2) is 24.0 Å². The van der Waals surface area contributed by atoms with Crippen LogP contribution < -0.4 is 5.73 Å². The lowest BCUT2D eigenvalue weighted by molar-refractivity contribution is 0.0842. The molecule has 2 aromatic carbocycles. The Labute approximate surface area is 170 Å². The summed E-state index contributed by atoms with van der Waals surface area (Å²) in [6, 6.07) is 12.2. The van der Waals surface area contributed by atoms with E-state index in [9.17, 15) is 9.65 Å². The number of benzene rings is 2. The molecule has 1 aromatic heterocycles. The van der Waals surface area contributed by atoms with E-state index < -0.39 is 0 Å². The number of halogens is 1. The van der Waals surface area contributed by atoms with Gasteiger partial charge in [0.15, 0.2) is 0 Å². The summed E-state index contributed by atoms with van der Waals surface area (Å²) in [5.41, 5.74) is 10.2. The minimum absolute atomic E-state index is 0.163. The third kappa shape index (κ3) is 3.74. The molecule has 3 N–H and O–H groups in total. The van der Waals surface area contributed by atoms with E-state index in [2.05, 4.69) is 6.07 Å². The maximum absolute atomic E-state index is 13.5. The van der Waals surface area contributed by atoms with E-state index in [0.29, 0.717) is 30.0 Å². The summed E-state index contributed by atoms with van der Waals surface area (Å²) in [4.78, 5) is 0. The quantitative estimate of drug-likeness (QED) is 0.478. The van der Waals surface area contributed by atoms with Crippen molar-refractivity contribution in [2.24, 2.45) is 0 Å². The Morgan fingerprint density at radius 1 is 1.21 bits per heavy atom. The van der Waals surface area contributed by atoms with Crippen molar-refractivity contribution in [1.29, 1.82) is 10.7 Å². The van der Waals surface area contributed by atoms with Crippen LogP contribution in [0, 0.1) is 22.6 Å². The number of anilines is 1. The Morgan fingerprint density at radius 3 is 2.45 bits per heavy atom. The van der Waals surface area contributed by atoms with Crippen molar-refractivity contribution >= 4 is 22.8 Å². The highest BCUT2D eigenvalue weighted by Gasteiger charge is 2.27. The van der Waals surface area contributed by atoms with E-state index >= 15 is 0 Å². The molecule has 0 radical (unpaired) electrons. The van der Waals surface area contributed by atoms with Gasteiger partial charge in [-0.3, -0.25) is 0 Å². The number of hydrogen-bond acceptors (Lipinski definition) is 4. The predicted molar refractivity (Wildman–Crippen MR) is 114 cm³/mol. The standard InChI is InChI=1S/C21H19FN4O.C2H6/c22-15-1-3-16(4-2-15)26-20-9-14(11-23)19(25)10-17(20)18(12-24)21(26)13-5-7-27-8-6-13;1-2/h1-4,9-11,13,23H,5-8,25H2;1-2H3. The fourth-order valence-corrected chi connectivity index (χ4v) is 3.85.